The predicted octanol–water partition coefficient (Wildman–Crippen LogP) is 1.84. The normalized spacial score (nSPS) is 23.1. The average Bonchev–Trinajstić information content (AvgIpc) is 2.72. The van der Waals surface area contributed by atoms with Gasteiger partial charge < -0.3 is 14.2 Å². The van der Waals surface area contributed by atoms with E-state index < -0.39 is 5.60 Å². The van der Waals surface area contributed by atoms with Gasteiger partial charge in [-0.05, 0) is 20.8 Å². The molecule has 1 unspecified atom stereocenters. The van der Waals surface area contributed by atoms with Gasteiger partial charge in [-0.3, -0.25) is 4.79 Å². The number of aromatic nitrogens is 1. The van der Waals surface area contributed by atoms with Gasteiger partial charge in [-0.15, -0.1) is 11.6 Å². The Bertz CT molecular complexity index is 444. The summed E-state index contributed by atoms with van der Waals surface area (Å²) < 4.78 is 10.7. The van der Waals surface area contributed by atoms with Gasteiger partial charge in [0.1, 0.15) is 5.76 Å². The molecule has 0 aromatic carbocycles. The fraction of sp³-hybridized carbons (Fsp3) is 0.667. The fourth-order valence-corrected chi connectivity index (χ4v) is 2.32. The maximum Gasteiger partial charge on any atom is 0.276 e. The van der Waals surface area contributed by atoms with Gasteiger partial charge in [0.05, 0.1) is 17.6 Å². The van der Waals surface area contributed by atoms with Crippen molar-refractivity contribution in [3.8, 4) is 0 Å². The van der Waals surface area contributed by atoms with Crippen LogP contribution in [0.5, 0.6) is 0 Å². The second-order valence-electron chi connectivity index (χ2n) is 5.16. The van der Waals surface area contributed by atoms with Crippen molar-refractivity contribution < 1.29 is 14.1 Å². The molecular formula is C12H17ClN2O3. The van der Waals surface area contributed by atoms with Crippen LogP contribution in [0.15, 0.2) is 10.6 Å². The van der Waals surface area contributed by atoms with E-state index in [4.69, 9.17) is 20.9 Å². The van der Waals surface area contributed by atoms with E-state index in [1.807, 2.05) is 13.8 Å². The molecule has 0 bridgehead atoms. The number of amides is 1. The summed E-state index contributed by atoms with van der Waals surface area (Å²) in [7, 11) is 0. The molecule has 1 aromatic heterocycles. The first kappa shape index (κ1) is 13.4. The highest BCUT2D eigenvalue weighted by molar-refractivity contribution is 6.18. The van der Waals surface area contributed by atoms with E-state index in [0.29, 0.717) is 30.4 Å². The van der Waals surface area contributed by atoms with Crippen LogP contribution in [-0.2, 0) is 4.74 Å². The molecule has 1 aliphatic rings. The highest BCUT2D eigenvalue weighted by atomic mass is 35.5. The van der Waals surface area contributed by atoms with Gasteiger partial charge in [-0.25, -0.2) is 0 Å². The number of alkyl halides is 1. The third-order valence-corrected chi connectivity index (χ3v) is 3.13. The van der Waals surface area contributed by atoms with Crippen molar-refractivity contribution in [3.05, 3.63) is 17.5 Å². The Balaban J connectivity index is 2.14. The van der Waals surface area contributed by atoms with Crippen LogP contribution in [0.2, 0.25) is 0 Å². The zero-order chi connectivity index (χ0) is 13.3. The van der Waals surface area contributed by atoms with E-state index >= 15 is 0 Å². The number of aryl methyl sites for hydroxylation is 1. The Morgan fingerprint density at radius 1 is 1.67 bits per heavy atom. The number of hydrogen-bond acceptors (Lipinski definition) is 4. The molecule has 2 heterocycles. The molecule has 0 N–H and O–H groups in total. The second kappa shape index (κ2) is 4.90. The Morgan fingerprint density at radius 3 is 2.94 bits per heavy atom. The maximum atomic E-state index is 12.3. The van der Waals surface area contributed by atoms with Crippen molar-refractivity contribution in [2.45, 2.75) is 32.5 Å². The van der Waals surface area contributed by atoms with Gasteiger partial charge >= 0.3 is 0 Å². The summed E-state index contributed by atoms with van der Waals surface area (Å²) in [4.78, 5) is 14.0. The van der Waals surface area contributed by atoms with Crippen LogP contribution in [0.1, 0.15) is 30.1 Å². The number of halogens is 1. The van der Waals surface area contributed by atoms with Gasteiger partial charge in [0, 0.05) is 19.2 Å². The third kappa shape index (κ3) is 2.84. The molecule has 1 aromatic rings. The van der Waals surface area contributed by atoms with Crippen molar-refractivity contribution in [1.82, 2.24) is 10.1 Å². The van der Waals surface area contributed by atoms with Crippen molar-refractivity contribution in [2.75, 3.05) is 19.0 Å². The van der Waals surface area contributed by atoms with Crippen LogP contribution in [0, 0.1) is 6.92 Å². The van der Waals surface area contributed by atoms with E-state index in [1.165, 1.54) is 0 Å². The van der Waals surface area contributed by atoms with Crippen molar-refractivity contribution >= 4 is 17.5 Å². The molecule has 1 saturated heterocycles. The first-order chi connectivity index (χ1) is 8.41. The average molecular weight is 273 g/mol. The summed E-state index contributed by atoms with van der Waals surface area (Å²) in [5, 5.41) is 3.75. The highest BCUT2D eigenvalue weighted by Gasteiger charge is 2.36. The van der Waals surface area contributed by atoms with E-state index in [2.05, 4.69) is 5.16 Å². The Kier molecular flexibility index (Phi) is 3.64. The zero-order valence-corrected chi connectivity index (χ0v) is 11.5. The molecule has 2 rings (SSSR count). The third-order valence-electron chi connectivity index (χ3n) is 2.79. The van der Waals surface area contributed by atoms with Crippen LogP contribution in [-0.4, -0.2) is 46.6 Å². The Hall–Kier alpha value is -1.07. The van der Waals surface area contributed by atoms with Crippen LogP contribution in [0.4, 0.5) is 0 Å². The number of carbonyl (C=O) groups excluding carboxylic acids is 1. The predicted molar refractivity (Wildman–Crippen MR) is 66.8 cm³/mol. The Morgan fingerprint density at radius 2 is 2.39 bits per heavy atom. The van der Waals surface area contributed by atoms with Gasteiger partial charge in [0.2, 0.25) is 0 Å². The van der Waals surface area contributed by atoms with Gasteiger partial charge in [-0.1, -0.05) is 5.16 Å². The molecule has 0 radical (unpaired) electrons. The number of nitrogens with zero attached hydrogens (tertiary/aromatic N) is 2. The van der Waals surface area contributed by atoms with Crippen LogP contribution < -0.4 is 0 Å². The fourth-order valence-electron chi connectivity index (χ4n) is 2.16. The number of carbonyl (C=O) groups is 1. The van der Waals surface area contributed by atoms with E-state index in [1.54, 1.807) is 17.9 Å². The number of hydrogen-bond donors (Lipinski definition) is 0. The highest BCUT2D eigenvalue weighted by Crippen LogP contribution is 2.23. The topological polar surface area (TPSA) is 55.6 Å². The lowest BCUT2D eigenvalue weighted by Gasteiger charge is -2.42. The minimum atomic E-state index is -0.397. The molecule has 18 heavy (non-hydrogen) atoms. The molecule has 1 aliphatic heterocycles. The van der Waals surface area contributed by atoms with Gasteiger partial charge in [0.25, 0.3) is 5.91 Å². The molecule has 6 heteroatoms. The lowest BCUT2D eigenvalue weighted by molar-refractivity contribution is -0.117. The van der Waals surface area contributed by atoms with E-state index in [-0.39, 0.29) is 12.0 Å². The second-order valence-corrected chi connectivity index (χ2v) is 5.47. The van der Waals surface area contributed by atoms with Crippen LogP contribution in [0.25, 0.3) is 0 Å². The summed E-state index contributed by atoms with van der Waals surface area (Å²) in [6.45, 7) is 6.65. The molecule has 1 atom stereocenters. The minimum Gasteiger partial charge on any atom is -0.367 e. The molecule has 1 amide bonds. The lowest BCUT2D eigenvalue weighted by Crippen LogP contribution is -2.55. The number of rotatable bonds is 2. The smallest absolute Gasteiger partial charge is 0.276 e. The largest absolute Gasteiger partial charge is 0.367 e. The zero-order valence-electron chi connectivity index (χ0n) is 10.8. The van der Waals surface area contributed by atoms with Crippen molar-refractivity contribution in [1.29, 1.82) is 0 Å². The standard InChI is InChI=1S/C12H17ClN2O3/c1-8-4-10(14-18-8)11(16)15-6-9(5-13)17-12(2,3)7-15/h4,9H,5-7H2,1-3H3. The summed E-state index contributed by atoms with van der Waals surface area (Å²) in [6.07, 6.45) is -0.146. The maximum absolute atomic E-state index is 12.3. The summed E-state index contributed by atoms with van der Waals surface area (Å²) in [5.41, 5.74) is -0.0646. The summed E-state index contributed by atoms with van der Waals surface area (Å²) >= 11 is 5.83. The van der Waals surface area contributed by atoms with Gasteiger partial charge in [-0.2, -0.15) is 0 Å². The van der Waals surface area contributed by atoms with Crippen LogP contribution in [0.3, 0.4) is 0 Å². The summed E-state index contributed by atoms with van der Waals surface area (Å²) in [5.74, 6) is 0.850. The SMILES string of the molecule is Cc1cc(C(=O)N2CC(CCl)OC(C)(C)C2)no1. The summed E-state index contributed by atoms with van der Waals surface area (Å²) in [6, 6.07) is 1.64. The molecule has 1 fully saturated rings. The molecule has 0 saturated carbocycles. The quantitative estimate of drug-likeness (QED) is 0.771. The first-order valence-corrected chi connectivity index (χ1v) is 6.41. The molecule has 0 spiro atoms. The van der Waals surface area contributed by atoms with E-state index in [0.717, 1.165) is 0 Å². The number of morpholine rings is 1. The molecule has 100 valence electrons. The molecule has 0 aliphatic carbocycles. The minimum absolute atomic E-state index is 0.140. The van der Waals surface area contributed by atoms with E-state index in [9.17, 15) is 4.79 Å². The molecule has 5 nitrogen and oxygen atoms in total. The first-order valence-electron chi connectivity index (χ1n) is 5.87. The van der Waals surface area contributed by atoms with Crippen molar-refractivity contribution in [3.63, 3.8) is 0 Å². The van der Waals surface area contributed by atoms with Crippen molar-refractivity contribution in [2.24, 2.45) is 0 Å². The monoisotopic (exact) mass is 272 g/mol. The number of ether oxygens (including phenoxy) is 1. The van der Waals surface area contributed by atoms with Crippen LogP contribution >= 0.6 is 11.6 Å². The van der Waals surface area contributed by atoms with Gasteiger partial charge in [0.15, 0.2) is 5.69 Å². The molecular weight excluding hydrogens is 256 g/mol. The lowest BCUT2D eigenvalue weighted by atomic mass is 10.1. The Labute approximate surface area is 111 Å².